The van der Waals surface area contributed by atoms with Crippen LogP contribution in [0.3, 0.4) is 0 Å². The molecule has 1 fully saturated rings. The SMILES string of the molecule is CCOC(=O)N1CCN(C(=O)c2ccc(F)cc2C)CC1. The number of amides is 2. The largest absolute Gasteiger partial charge is 0.450 e. The number of carbonyl (C=O) groups excluding carboxylic acids is 2. The fraction of sp³-hybridized carbons (Fsp3) is 0.467. The van der Waals surface area contributed by atoms with Gasteiger partial charge in [-0.25, -0.2) is 9.18 Å². The number of rotatable bonds is 2. The second-order valence-corrected chi connectivity index (χ2v) is 4.94. The molecule has 2 amide bonds. The van der Waals surface area contributed by atoms with Crippen molar-refractivity contribution in [1.82, 2.24) is 9.80 Å². The first-order valence-corrected chi connectivity index (χ1v) is 7.00. The Morgan fingerprint density at radius 2 is 1.81 bits per heavy atom. The Morgan fingerprint density at radius 3 is 2.38 bits per heavy atom. The number of hydrogen-bond acceptors (Lipinski definition) is 3. The van der Waals surface area contributed by atoms with Crippen LogP contribution in [0.1, 0.15) is 22.8 Å². The van der Waals surface area contributed by atoms with Crippen LogP contribution in [0.2, 0.25) is 0 Å². The lowest BCUT2D eigenvalue weighted by atomic mass is 10.1. The fourth-order valence-corrected chi connectivity index (χ4v) is 2.34. The average Bonchev–Trinajstić information content (AvgIpc) is 2.47. The zero-order chi connectivity index (χ0) is 15.4. The maximum Gasteiger partial charge on any atom is 0.409 e. The van der Waals surface area contributed by atoms with Gasteiger partial charge in [0.15, 0.2) is 0 Å². The van der Waals surface area contributed by atoms with Gasteiger partial charge in [0.1, 0.15) is 5.82 Å². The highest BCUT2D eigenvalue weighted by molar-refractivity contribution is 5.95. The van der Waals surface area contributed by atoms with E-state index in [9.17, 15) is 14.0 Å². The van der Waals surface area contributed by atoms with E-state index in [0.29, 0.717) is 43.9 Å². The van der Waals surface area contributed by atoms with E-state index in [-0.39, 0.29) is 17.8 Å². The molecule has 0 N–H and O–H groups in total. The number of hydrogen-bond donors (Lipinski definition) is 0. The summed E-state index contributed by atoms with van der Waals surface area (Å²) in [6.07, 6.45) is -0.345. The predicted molar refractivity (Wildman–Crippen MR) is 75.6 cm³/mol. The summed E-state index contributed by atoms with van der Waals surface area (Å²) in [7, 11) is 0. The molecular weight excluding hydrogens is 275 g/mol. The summed E-state index contributed by atoms with van der Waals surface area (Å²) in [5, 5.41) is 0. The van der Waals surface area contributed by atoms with Crippen LogP contribution >= 0.6 is 0 Å². The standard InChI is InChI=1S/C15H19FN2O3/c1-3-21-15(20)18-8-6-17(7-9-18)14(19)13-5-4-12(16)10-11(13)2/h4-5,10H,3,6-9H2,1-2H3. The maximum absolute atomic E-state index is 13.1. The number of benzene rings is 1. The Hall–Kier alpha value is -2.11. The second-order valence-electron chi connectivity index (χ2n) is 4.94. The molecule has 6 heteroatoms. The molecule has 114 valence electrons. The van der Waals surface area contributed by atoms with Crippen molar-refractivity contribution in [3.8, 4) is 0 Å². The summed E-state index contributed by atoms with van der Waals surface area (Å²) in [6.45, 7) is 5.62. The van der Waals surface area contributed by atoms with Crippen molar-refractivity contribution in [3.05, 3.63) is 35.1 Å². The van der Waals surface area contributed by atoms with Crippen LogP contribution in [-0.4, -0.2) is 54.6 Å². The van der Waals surface area contributed by atoms with Crippen molar-refractivity contribution >= 4 is 12.0 Å². The number of halogens is 1. The lowest BCUT2D eigenvalue weighted by Crippen LogP contribution is -2.50. The number of aryl methyl sites for hydroxylation is 1. The minimum atomic E-state index is -0.351. The van der Waals surface area contributed by atoms with Gasteiger partial charge in [0, 0.05) is 31.7 Å². The summed E-state index contributed by atoms with van der Waals surface area (Å²) in [5.74, 6) is -0.479. The maximum atomic E-state index is 13.1. The molecule has 1 aromatic rings. The van der Waals surface area contributed by atoms with Crippen molar-refractivity contribution in [2.75, 3.05) is 32.8 Å². The smallest absolute Gasteiger partial charge is 0.409 e. The molecule has 1 aliphatic rings. The van der Waals surface area contributed by atoms with Gasteiger partial charge in [-0.2, -0.15) is 0 Å². The third-order valence-electron chi connectivity index (χ3n) is 3.51. The Labute approximate surface area is 123 Å². The first kappa shape index (κ1) is 15.3. The van der Waals surface area contributed by atoms with Gasteiger partial charge in [-0.15, -0.1) is 0 Å². The molecule has 1 aromatic carbocycles. The summed E-state index contributed by atoms with van der Waals surface area (Å²) in [5.41, 5.74) is 1.12. The van der Waals surface area contributed by atoms with Gasteiger partial charge in [-0.05, 0) is 37.6 Å². The van der Waals surface area contributed by atoms with E-state index in [0.717, 1.165) is 0 Å². The van der Waals surface area contributed by atoms with Crippen LogP contribution in [0.4, 0.5) is 9.18 Å². The first-order chi connectivity index (χ1) is 10.0. The van der Waals surface area contributed by atoms with Crippen LogP contribution in [-0.2, 0) is 4.74 Å². The van der Waals surface area contributed by atoms with Gasteiger partial charge in [0.25, 0.3) is 5.91 Å². The van der Waals surface area contributed by atoms with Crippen molar-refractivity contribution in [1.29, 1.82) is 0 Å². The van der Waals surface area contributed by atoms with Gasteiger partial charge in [0.05, 0.1) is 6.61 Å². The molecule has 0 aliphatic carbocycles. The highest BCUT2D eigenvalue weighted by Crippen LogP contribution is 2.14. The van der Waals surface area contributed by atoms with Gasteiger partial charge >= 0.3 is 6.09 Å². The summed E-state index contributed by atoms with van der Waals surface area (Å²) >= 11 is 0. The average molecular weight is 294 g/mol. The molecule has 0 spiro atoms. The summed E-state index contributed by atoms with van der Waals surface area (Å²) < 4.78 is 18.0. The lowest BCUT2D eigenvalue weighted by Gasteiger charge is -2.34. The van der Waals surface area contributed by atoms with Gasteiger partial charge in [0.2, 0.25) is 0 Å². The molecule has 0 atom stereocenters. The Balaban J connectivity index is 1.98. The van der Waals surface area contributed by atoms with E-state index in [1.54, 1.807) is 23.6 Å². The van der Waals surface area contributed by atoms with E-state index in [1.807, 2.05) is 0 Å². The molecule has 1 saturated heterocycles. The zero-order valence-electron chi connectivity index (χ0n) is 12.3. The van der Waals surface area contributed by atoms with Gasteiger partial charge < -0.3 is 14.5 Å². The third kappa shape index (κ3) is 3.51. The number of piperazine rings is 1. The summed E-state index contributed by atoms with van der Waals surface area (Å²) in [4.78, 5) is 27.3. The zero-order valence-corrected chi connectivity index (χ0v) is 12.3. The van der Waals surface area contributed by atoms with Gasteiger partial charge in [-0.1, -0.05) is 0 Å². The Morgan fingerprint density at radius 1 is 1.19 bits per heavy atom. The first-order valence-electron chi connectivity index (χ1n) is 7.00. The third-order valence-corrected chi connectivity index (χ3v) is 3.51. The number of nitrogens with zero attached hydrogens (tertiary/aromatic N) is 2. The highest BCUT2D eigenvalue weighted by atomic mass is 19.1. The Kier molecular flexibility index (Phi) is 4.77. The normalized spacial score (nSPS) is 15.0. The lowest BCUT2D eigenvalue weighted by molar-refractivity contribution is 0.0570. The topological polar surface area (TPSA) is 49.9 Å². The monoisotopic (exact) mass is 294 g/mol. The molecule has 1 aliphatic heterocycles. The van der Waals surface area contributed by atoms with E-state index in [2.05, 4.69) is 0 Å². The van der Waals surface area contributed by atoms with Crippen LogP contribution in [0.15, 0.2) is 18.2 Å². The van der Waals surface area contributed by atoms with Crippen molar-refractivity contribution in [2.45, 2.75) is 13.8 Å². The number of carbonyl (C=O) groups is 2. The van der Waals surface area contributed by atoms with Crippen LogP contribution < -0.4 is 0 Å². The van der Waals surface area contributed by atoms with Crippen molar-refractivity contribution in [2.24, 2.45) is 0 Å². The van der Waals surface area contributed by atoms with Gasteiger partial charge in [-0.3, -0.25) is 4.79 Å². The van der Waals surface area contributed by atoms with Crippen molar-refractivity contribution in [3.63, 3.8) is 0 Å². The molecule has 0 bridgehead atoms. The number of ether oxygens (including phenoxy) is 1. The fourth-order valence-electron chi connectivity index (χ4n) is 2.34. The second kappa shape index (κ2) is 6.56. The Bertz CT molecular complexity index is 540. The summed E-state index contributed by atoms with van der Waals surface area (Å²) in [6, 6.07) is 4.14. The van der Waals surface area contributed by atoms with Crippen LogP contribution in [0, 0.1) is 12.7 Å². The van der Waals surface area contributed by atoms with Crippen LogP contribution in [0.25, 0.3) is 0 Å². The highest BCUT2D eigenvalue weighted by Gasteiger charge is 2.26. The molecule has 0 unspecified atom stereocenters. The van der Waals surface area contributed by atoms with E-state index >= 15 is 0 Å². The molecule has 21 heavy (non-hydrogen) atoms. The van der Waals surface area contributed by atoms with Crippen LogP contribution in [0.5, 0.6) is 0 Å². The van der Waals surface area contributed by atoms with E-state index < -0.39 is 0 Å². The molecular formula is C15H19FN2O3. The quantitative estimate of drug-likeness (QED) is 0.839. The van der Waals surface area contributed by atoms with Crippen molar-refractivity contribution < 1.29 is 18.7 Å². The van der Waals surface area contributed by atoms with E-state index in [4.69, 9.17) is 4.74 Å². The molecule has 5 nitrogen and oxygen atoms in total. The molecule has 1 heterocycles. The minimum Gasteiger partial charge on any atom is -0.450 e. The molecule has 0 saturated carbocycles. The molecule has 0 radical (unpaired) electrons. The molecule has 0 aromatic heterocycles. The molecule has 2 rings (SSSR count). The predicted octanol–water partition coefficient (Wildman–Crippen LogP) is 2.05. The van der Waals surface area contributed by atoms with E-state index in [1.165, 1.54) is 18.2 Å². The minimum absolute atomic E-state index is 0.129.